The van der Waals surface area contributed by atoms with Gasteiger partial charge >= 0.3 is 0 Å². The molecule has 5 nitrogen and oxygen atoms in total. The minimum absolute atomic E-state index is 0.208. The van der Waals surface area contributed by atoms with Gasteiger partial charge in [0.1, 0.15) is 12.4 Å². The average Bonchev–Trinajstić information content (AvgIpc) is 3.28. The van der Waals surface area contributed by atoms with Gasteiger partial charge in [0.25, 0.3) is 10.0 Å². The summed E-state index contributed by atoms with van der Waals surface area (Å²) >= 11 is 0. The van der Waals surface area contributed by atoms with Crippen LogP contribution in [0.2, 0.25) is 0 Å². The third-order valence-corrected chi connectivity index (χ3v) is 7.23. The Kier molecular flexibility index (Phi) is 7.12. The number of anilines is 1. The standard InChI is InChI=1S/C26H30N2O3S/c1-2-17-28-18-16-23(19-28)22-8-10-24(11-9-22)27-32(29,30)26-14-12-25(13-15-26)31-20-21-6-4-3-5-7-21/h3-15,23,27H,2,16-20H2,1H3. The number of nitrogens with zero attached hydrogens (tertiary/aromatic N) is 1. The molecule has 1 aliphatic heterocycles. The van der Waals surface area contributed by atoms with Crippen LogP contribution in [0.1, 0.15) is 36.8 Å². The lowest BCUT2D eigenvalue weighted by Gasteiger charge is -2.15. The predicted octanol–water partition coefficient (Wildman–Crippen LogP) is 5.27. The molecule has 168 valence electrons. The molecule has 4 rings (SSSR count). The second-order valence-corrected chi connectivity index (χ2v) is 9.94. The number of rotatable bonds is 9. The smallest absolute Gasteiger partial charge is 0.261 e. The second kappa shape index (κ2) is 10.2. The van der Waals surface area contributed by atoms with Gasteiger partial charge in [0.2, 0.25) is 0 Å². The summed E-state index contributed by atoms with van der Waals surface area (Å²) in [5, 5.41) is 0. The second-order valence-electron chi connectivity index (χ2n) is 8.26. The van der Waals surface area contributed by atoms with Gasteiger partial charge in [0.15, 0.2) is 0 Å². The first-order valence-electron chi connectivity index (χ1n) is 11.2. The third kappa shape index (κ3) is 5.69. The Labute approximate surface area is 191 Å². The van der Waals surface area contributed by atoms with Crippen molar-refractivity contribution in [1.82, 2.24) is 4.90 Å². The first kappa shape index (κ1) is 22.4. The number of benzene rings is 3. The Morgan fingerprint density at radius 2 is 1.69 bits per heavy atom. The van der Waals surface area contributed by atoms with Crippen LogP contribution in [-0.2, 0) is 16.6 Å². The van der Waals surface area contributed by atoms with E-state index >= 15 is 0 Å². The van der Waals surface area contributed by atoms with E-state index < -0.39 is 10.0 Å². The van der Waals surface area contributed by atoms with E-state index in [4.69, 9.17) is 4.74 Å². The molecular formula is C26H30N2O3S. The van der Waals surface area contributed by atoms with Crippen molar-refractivity contribution < 1.29 is 13.2 Å². The number of ether oxygens (including phenoxy) is 1. The van der Waals surface area contributed by atoms with Crippen molar-refractivity contribution in [3.8, 4) is 5.75 Å². The molecule has 0 spiro atoms. The lowest BCUT2D eigenvalue weighted by molar-refractivity contribution is 0.306. The van der Waals surface area contributed by atoms with Crippen molar-refractivity contribution >= 4 is 15.7 Å². The minimum atomic E-state index is -3.66. The van der Waals surface area contributed by atoms with Gasteiger partial charge in [-0.2, -0.15) is 0 Å². The van der Waals surface area contributed by atoms with E-state index in [0.29, 0.717) is 24.0 Å². The van der Waals surface area contributed by atoms with Gasteiger partial charge in [0.05, 0.1) is 4.90 Å². The summed E-state index contributed by atoms with van der Waals surface area (Å²) in [5.41, 5.74) is 2.90. The number of nitrogens with one attached hydrogen (secondary N) is 1. The Balaban J connectivity index is 1.35. The van der Waals surface area contributed by atoms with Crippen molar-refractivity contribution in [2.45, 2.75) is 37.2 Å². The molecule has 32 heavy (non-hydrogen) atoms. The van der Waals surface area contributed by atoms with Gasteiger partial charge in [-0.3, -0.25) is 4.72 Å². The van der Waals surface area contributed by atoms with E-state index in [0.717, 1.165) is 31.6 Å². The molecule has 0 saturated carbocycles. The van der Waals surface area contributed by atoms with Gasteiger partial charge in [-0.1, -0.05) is 49.4 Å². The number of hydrogen-bond donors (Lipinski definition) is 1. The predicted molar refractivity (Wildman–Crippen MR) is 129 cm³/mol. The molecule has 0 radical (unpaired) electrons. The fourth-order valence-electron chi connectivity index (χ4n) is 4.12. The van der Waals surface area contributed by atoms with Gasteiger partial charge in [-0.15, -0.1) is 0 Å². The first-order chi connectivity index (χ1) is 15.5. The molecule has 1 fully saturated rings. The fourth-order valence-corrected chi connectivity index (χ4v) is 5.18. The van der Waals surface area contributed by atoms with Crippen LogP contribution >= 0.6 is 0 Å². The van der Waals surface area contributed by atoms with E-state index in [1.807, 2.05) is 54.6 Å². The minimum Gasteiger partial charge on any atom is -0.489 e. The van der Waals surface area contributed by atoms with Crippen LogP contribution in [0.5, 0.6) is 5.75 Å². The summed E-state index contributed by atoms with van der Waals surface area (Å²) in [6.07, 6.45) is 2.33. The molecular weight excluding hydrogens is 420 g/mol. The summed E-state index contributed by atoms with van der Waals surface area (Å²) in [4.78, 5) is 2.70. The largest absolute Gasteiger partial charge is 0.489 e. The van der Waals surface area contributed by atoms with E-state index in [1.54, 1.807) is 24.3 Å². The molecule has 6 heteroatoms. The number of hydrogen-bond acceptors (Lipinski definition) is 4. The van der Waals surface area contributed by atoms with Crippen molar-refractivity contribution in [2.75, 3.05) is 24.4 Å². The summed E-state index contributed by atoms with van der Waals surface area (Å²) in [7, 11) is -3.66. The SMILES string of the molecule is CCCN1CCC(c2ccc(NS(=O)(=O)c3ccc(OCc4ccccc4)cc3)cc2)C1. The van der Waals surface area contributed by atoms with E-state index in [-0.39, 0.29) is 4.90 Å². The zero-order chi connectivity index (χ0) is 22.4. The van der Waals surface area contributed by atoms with E-state index in [1.165, 1.54) is 12.0 Å². The quantitative estimate of drug-likeness (QED) is 0.483. The van der Waals surface area contributed by atoms with Crippen LogP contribution in [0.4, 0.5) is 5.69 Å². The number of likely N-dealkylation sites (tertiary alicyclic amines) is 1. The molecule has 0 aromatic heterocycles. The molecule has 3 aromatic rings. The van der Waals surface area contributed by atoms with Crippen molar-refractivity contribution in [3.05, 3.63) is 90.0 Å². The molecule has 1 atom stereocenters. The van der Waals surface area contributed by atoms with Gasteiger partial charge < -0.3 is 9.64 Å². The maximum absolute atomic E-state index is 12.8. The third-order valence-electron chi connectivity index (χ3n) is 5.83. The topological polar surface area (TPSA) is 58.6 Å². The van der Waals surface area contributed by atoms with Crippen LogP contribution < -0.4 is 9.46 Å². The zero-order valence-corrected chi connectivity index (χ0v) is 19.2. The Morgan fingerprint density at radius 3 is 2.38 bits per heavy atom. The number of sulfonamides is 1. The average molecular weight is 451 g/mol. The van der Waals surface area contributed by atoms with Crippen molar-refractivity contribution in [3.63, 3.8) is 0 Å². The lowest BCUT2D eigenvalue weighted by atomic mass is 9.98. The highest BCUT2D eigenvalue weighted by atomic mass is 32.2. The first-order valence-corrected chi connectivity index (χ1v) is 12.6. The Morgan fingerprint density at radius 1 is 0.969 bits per heavy atom. The summed E-state index contributed by atoms with van der Waals surface area (Å²) < 4.78 is 34.0. The van der Waals surface area contributed by atoms with Crippen LogP contribution in [0.3, 0.4) is 0 Å². The highest BCUT2D eigenvalue weighted by molar-refractivity contribution is 7.92. The zero-order valence-electron chi connectivity index (χ0n) is 18.4. The van der Waals surface area contributed by atoms with Crippen molar-refractivity contribution in [2.24, 2.45) is 0 Å². The van der Waals surface area contributed by atoms with Gasteiger partial charge in [0, 0.05) is 12.2 Å². The van der Waals surface area contributed by atoms with Crippen LogP contribution in [0, 0.1) is 0 Å². The highest BCUT2D eigenvalue weighted by Gasteiger charge is 2.23. The van der Waals surface area contributed by atoms with Crippen molar-refractivity contribution in [1.29, 1.82) is 0 Å². The molecule has 1 N–H and O–H groups in total. The molecule has 0 aliphatic carbocycles. The molecule has 1 saturated heterocycles. The molecule has 1 aliphatic rings. The molecule has 1 unspecified atom stereocenters. The van der Waals surface area contributed by atoms with Crippen LogP contribution in [0.25, 0.3) is 0 Å². The fraction of sp³-hybridized carbons (Fsp3) is 0.308. The van der Waals surface area contributed by atoms with Gasteiger partial charge in [-0.05, 0) is 79.4 Å². The van der Waals surface area contributed by atoms with Crippen LogP contribution in [-0.4, -0.2) is 33.0 Å². The van der Waals surface area contributed by atoms with Crippen LogP contribution in [0.15, 0.2) is 83.8 Å². The highest BCUT2D eigenvalue weighted by Crippen LogP contribution is 2.28. The molecule has 1 heterocycles. The lowest BCUT2D eigenvalue weighted by Crippen LogP contribution is -2.20. The van der Waals surface area contributed by atoms with E-state index in [9.17, 15) is 8.42 Å². The molecule has 0 bridgehead atoms. The molecule has 3 aromatic carbocycles. The summed E-state index contributed by atoms with van der Waals surface area (Å²) in [5.74, 6) is 1.15. The summed E-state index contributed by atoms with van der Waals surface area (Å²) in [6, 6.07) is 24.1. The monoisotopic (exact) mass is 450 g/mol. The van der Waals surface area contributed by atoms with Gasteiger partial charge in [-0.25, -0.2) is 8.42 Å². The Hall–Kier alpha value is -2.83. The summed E-state index contributed by atoms with van der Waals surface area (Å²) in [6.45, 7) is 6.01. The maximum atomic E-state index is 12.8. The normalized spacial score (nSPS) is 16.7. The Bertz CT molecular complexity index is 1100. The van der Waals surface area contributed by atoms with E-state index in [2.05, 4.69) is 16.5 Å². The maximum Gasteiger partial charge on any atom is 0.261 e. The molecule has 0 amide bonds.